The van der Waals surface area contributed by atoms with Gasteiger partial charge in [0.1, 0.15) is 42.0 Å². The van der Waals surface area contributed by atoms with Crippen molar-refractivity contribution in [2.24, 2.45) is 0 Å². The van der Waals surface area contributed by atoms with Gasteiger partial charge in [0.25, 0.3) is 5.91 Å². The minimum Gasteiger partial charge on any atom is -0.508 e. The van der Waals surface area contributed by atoms with E-state index in [2.05, 4.69) is 15.9 Å². The highest BCUT2D eigenvalue weighted by Gasteiger charge is 2.39. The van der Waals surface area contributed by atoms with Gasteiger partial charge in [-0.15, -0.1) is 11.3 Å². The highest BCUT2D eigenvalue weighted by molar-refractivity contribution is 9.10. The van der Waals surface area contributed by atoms with Crippen LogP contribution in [-0.2, 0) is 25.6 Å². The largest absolute Gasteiger partial charge is 0.508 e. The predicted octanol–water partition coefficient (Wildman–Crippen LogP) is 7.97. The van der Waals surface area contributed by atoms with Gasteiger partial charge in [-0.1, -0.05) is 28.1 Å². The minimum absolute atomic E-state index is 0.0608. The number of carbonyl (C=O) groups is 3. The van der Waals surface area contributed by atoms with Crippen LogP contribution in [-0.4, -0.2) is 73.2 Å². The van der Waals surface area contributed by atoms with E-state index in [0.29, 0.717) is 81.8 Å². The highest BCUT2D eigenvalue weighted by atomic mass is 79.9. The van der Waals surface area contributed by atoms with Gasteiger partial charge in [-0.25, -0.2) is 0 Å². The molecule has 7 rings (SSSR count). The maximum atomic E-state index is 12.9. The molecule has 1 aliphatic carbocycles. The number of benzene rings is 4. The lowest BCUT2D eigenvalue weighted by Crippen LogP contribution is -2.44. The van der Waals surface area contributed by atoms with Crippen LogP contribution in [0.15, 0.2) is 89.4 Å². The van der Waals surface area contributed by atoms with Crippen LogP contribution in [0.4, 0.5) is 0 Å². The summed E-state index contributed by atoms with van der Waals surface area (Å²) in [6.07, 6.45) is 0.620. The first-order valence-electron chi connectivity index (χ1n) is 17.0. The van der Waals surface area contributed by atoms with Crippen LogP contribution in [0.3, 0.4) is 0 Å². The molecule has 12 heteroatoms. The number of thiophene rings is 1. The molecule has 5 aromatic rings. The molecule has 1 fully saturated rings. The molecule has 0 radical (unpaired) electrons. The van der Waals surface area contributed by atoms with E-state index in [1.807, 2.05) is 60.7 Å². The summed E-state index contributed by atoms with van der Waals surface area (Å²) >= 11 is 5.07. The monoisotopic (exact) mass is 785 g/mol. The van der Waals surface area contributed by atoms with Gasteiger partial charge in [0.05, 0.1) is 43.8 Å². The standard InChI is InChI=1S/C40H36BrNO9S/c41-27-3-1-25(2-4-27)39-38(34-12-5-29(44)23-37(34)52-39)51-31-9-7-30(8-10-31)49-19-17-47-15-16-48-18-20-50-32-11-13-33-26(21-32)24-42(40(33)46)35-14-6-28(43)22-36(35)45/h1-5,7-13,21,23,35,44H,6,14-20,22,24H2. The van der Waals surface area contributed by atoms with E-state index in [1.54, 1.807) is 40.5 Å². The van der Waals surface area contributed by atoms with Crippen LogP contribution in [0.2, 0.25) is 0 Å². The van der Waals surface area contributed by atoms with Crippen molar-refractivity contribution in [2.45, 2.75) is 31.8 Å². The molecule has 1 N–H and O–H groups in total. The molecule has 1 unspecified atom stereocenters. The average molecular weight is 787 g/mol. The van der Waals surface area contributed by atoms with Gasteiger partial charge in [0.15, 0.2) is 11.5 Å². The maximum Gasteiger partial charge on any atom is 0.255 e. The SMILES string of the molecule is O=C1CCC(N2Cc3cc(OCCOCCOCCOc4ccc(Oc5c(-c6ccc(Br)cc6)sc6cc(O)ccc56)cc4)ccc3C2=O)C(=O)C1. The molecule has 2 heterocycles. The Morgan fingerprint density at radius 1 is 0.769 bits per heavy atom. The van der Waals surface area contributed by atoms with Gasteiger partial charge in [-0.3, -0.25) is 14.4 Å². The number of ketones is 2. The van der Waals surface area contributed by atoms with Crippen LogP contribution >= 0.6 is 27.3 Å². The summed E-state index contributed by atoms with van der Waals surface area (Å²) in [6, 6.07) is 25.5. The van der Waals surface area contributed by atoms with E-state index in [0.717, 1.165) is 36.3 Å². The Labute approximate surface area is 312 Å². The van der Waals surface area contributed by atoms with E-state index in [4.69, 9.17) is 23.7 Å². The fraction of sp³-hybridized carbons (Fsp3) is 0.275. The van der Waals surface area contributed by atoms with Crippen LogP contribution in [0.5, 0.6) is 28.7 Å². The number of rotatable bonds is 15. The summed E-state index contributed by atoms with van der Waals surface area (Å²) in [5.41, 5.74) is 2.41. The van der Waals surface area contributed by atoms with Crippen LogP contribution in [0, 0.1) is 0 Å². The number of Topliss-reactive ketones (excluding diaryl/α,β-unsaturated/α-hetero) is 2. The van der Waals surface area contributed by atoms with E-state index < -0.39 is 6.04 Å². The number of amides is 1. The summed E-state index contributed by atoms with van der Waals surface area (Å²) < 4.78 is 31.3. The quantitative estimate of drug-likeness (QED) is 0.0833. The Hall–Kier alpha value is -4.75. The molecular formula is C40H36BrNO9S. The second kappa shape index (κ2) is 16.3. The fourth-order valence-electron chi connectivity index (χ4n) is 6.28. The number of halogens is 1. The molecule has 1 aromatic heterocycles. The normalized spacial score (nSPS) is 15.7. The molecule has 4 aromatic carbocycles. The molecule has 1 aliphatic heterocycles. The number of hydrogen-bond acceptors (Lipinski definition) is 10. The smallest absolute Gasteiger partial charge is 0.255 e. The van der Waals surface area contributed by atoms with Crippen LogP contribution < -0.4 is 14.2 Å². The number of fused-ring (bicyclic) bond motifs is 2. The van der Waals surface area contributed by atoms with E-state index in [-0.39, 0.29) is 29.6 Å². The molecular weight excluding hydrogens is 750 g/mol. The molecule has 268 valence electrons. The molecule has 1 saturated carbocycles. The number of phenols is 1. The number of carbonyl (C=O) groups excluding carboxylic acids is 3. The van der Waals surface area contributed by atoms with Crippen molar-refractivity contribution in [2.75, 3.05) is 39.6 Å². The third-order valence-electron chi connectivity index (χ3n) is 8.87. The number of phenolic OH excluding ortho intramolecular Hbond substituents is 1. The second-order valence-corrected chi connectivity index (χ2v) is 14.4. The zero-order chi connectivity index (χ0) is 36.0. The Morgan fingerprint density at radius 3 is 2.17 bits per heavy atom. The fourth-order valence-corrected chi connectivity index (χ4v) is 7.72. The van der Waals surface area contributed by atoms with Crippen molar-refractivity contribution >= 4 is 54.8 Å². The van der Waals surface area contributed by atoms with Gasteiger partial charge < -0.3 is 33.7 Å². The zero-order valence-electron chi connectivity index (χ0n) is 28.2. The zero-order valence-corrected chi connectivity index (χ0v) is 30.6. The molecule has 0 bridgehead atoms. The van der Waals surface area contributed by atoms with Crippen molar-refractivity contribution in [3.8, 4) is 39.2 Å². The van der Waals surface area contributed by atoms with Gasteiger partial charge in [0, 0.05) is 33.1 Å². The number of hydrogen-bond donors (Lipinski definition) is 1. The van der Waals surface area contributed by atoms with Crippen molar-refractivity contribution in [3.63, 3.8) is 0 Å². The van der Waals surface area contributed by atoms with Crippen molar-refractivity contribution < 1.29 is 43.2 Å². The van der Waals surface area contributed by atoms with E-state index >= 15 is 0 Å². The molecule has 1 amide bonds. The molecule has 1 atom stereocenters. The number of nitrogens with zero attached hydrogens (tertiary/aromatic N) is 1. The van der Waals surface area contributed by atoms with Crippen molar-refractivity contribution in [1.29, 1.82) is 0 Å². The van der Waals surface area contributed by atoms with Gasteiger partial charge in [0.2, 0.25) is 0 Å². The van der Waals surface area contributed by atoms with E-state index in [1.165, 1.54) is 0 Å². The number of aromatic hydroxyl groups is 1. The summed E-state index contributed by atoms with van der Waals surface area (Å²) in [7, 11) is 0. The molecule has 0 spiro atoms. The van der Waals surface area contributed by atoms with Crippen LogP contribution in [0.1, 0.15) is 35.2 Å². The molecule has 10 nitrogen and oxygen atoms in total. The Kier molecular flexibility index (Phi) is 11.2. The van der Waals surface area contributed by atoms with Gasteiger partial charge in [-0.05, 0) is 90.3 Å². The van der Waals surface area contributed by atoms with Gasteiger partial charge >= 0.3 is 0 Å². The lowest BCUT2D eigenvalue weighted by Gasteiger charge is -2.29. The summed E-state index contributed by atoms with van der Waals surface area (Å²) in [4.78, 5) is 39.4. The third-order valence-corrected chi connectivity index (χ3v) is 10.6. The summed E-state index contributed by atoms with van der Waals surface area (Å²) in [6.45, 7) is 2.63. The van der Waals surface area contributed by atoms with E-state index in [9.17, 15) is 19.5 Å². The Bertz CT molecular complexity index is 2080. The van der Waals surface area contributed by atoms with Crippen LogP contribution in [0.25, 0.3) is 20.5 Å². The van der Waals surface area contributed by atoms with Crippen molar-refractivity contribution in [1.82, 2.24) is 4.90 Å². The van der Waals surface area contributed by atoms with Crippen molar-refractivity contribution in [3.05, 3.63) is 101 Å². The third kappa shape index (κ3) is 8.31. The number of ether oxygens (including phenoxy) is 5. The molecule has 0 saturated heterocycles. The lowest BCUT2D eigenvalue weighted by molar-refractivity contribution is -0.133. The molecule has 2 aliphatic rings. The first kappa shape index (κ1) is 35.6. The lowest BCUT2D eigenvalue weighted by atomic mass is 9.92. The summed E-state index contributed by atoms with van der Waals surface area (Å²) in [5, 5.41) is 11.0. The maximum absolute atomic E-state index is 12.9. The van der Waals surface area contributed by atoms with Gasteiger partial charge in [-0.2, -0.15) is 0 Å². The minimum atomic E-state index is -0.536. The first-order chi connectivity index (χ1) is 25.3. The predicted molar refractivity (Wildman–Crippen MR) is 200 cm³/mol. The highest BCUT2D eigenvalue weighted by Crippen LogP contribution is 2.47. The average Bonchev–Trinajstić information content (AvgIpc) is 3.66. The first-order valence-corrected chi connectivity index (χ1v) is 18.6. The molecule has 52 heavy (non-hydrogen) atoms. The summed E-state index contributed by atoms with van der Waals surface area (Å²) in [5.74, 6) is 2.52. The topological polar surface area (TPSA) is 121 Å². The second-order valence-electron chi connectivity index (χ2n) is 12.4. The Balaban J connectivity index is 0.796. The Morgan fingerprint density at radius 2 is 1.44 bits per heavy atom.